The molecule has 0 bridgehead atoms. The fraction of sp³-hybridized carbons (Fsp3) is 1.00. The van der Waals surface area contributed by atoms with E-state index in [2.05, 4.69) is 0 Å². The van der Waals surface area contributed by atoms with Gasteiger partial charge in [0.25, 0.3) is 0 Å². The van der Waals surface area contributed by atoms with Crippen molar-refractivity contribution in [2.24, 2.45) is 17.2 Å². The summed E-state index contributed by atoms with van der Waals surface area (Å²) in [5.41, 5.74) is 17.6. The molecule has 3 unspecified atom stereocenters. The average Bonchev–Trinajstić information content (AvgIpc) is 2.53. The normalized spacial score (nSPS) is 19.0. The molecule has 0 aliphatic carbocycles. The lowest BCUT2D eigenvalue weighted by Gasteiger charge is -2.29. The molecule has 0 aromatic carbocycles. The molecule has 0 fully saturated rings. The van der Waals surface area contributed by atoms with Gasteiger partial charge in [-0.25, -0.2) is 0 Å². The van der Waals surface area contributed by atoms with Gasteiger partial charge in [-0.2, -0.15) is 0 Å². The summed E-state index contributed by atoms with van der Waals surface area (Å²) in [6.45, 7) is 6.93. The molecule has 0 aliphatic heterocycles. The SMILES string of the molecule is CCC(N)CO[Si](OC)(OCC(N)CC)OCC(N)CC. The number of hydrogen-bond acceptors (Lipinski definition) is 7. The van der Waals surface area contributed by atoms with Gasteiger partial charge in [0.15, 0.2) is 0 Å². The number of hydrogen-bond donors (Lipinski definition) is 3. The highest BCUT2D eigenvalue weighted by atomic mass is 28.4. The zero-order chi connectivity index (χ0) is 16.3. The van der Waals surface area contributed by atoms with Crippen LogP contribution < -0.4 is 17.2 Å². The topological polar surface area (TPSA) is 115 Å². The summed E-state index contributed by atoms with van der Waals surface area (Å²) in [6, 6.07) is -0.253. The minimum absolute atomic E-state index is 0.0843. The molecular formula is C13H33N3O4Si. The van der Waals surface area contributed by atoms with Crippen molar-refractivity contribution in [3.8, 4) is 0 Å². The summed E-state index contributed by atoms with van der Waals surface area (Å²) in [5.74, 6) is 0. The van der Waals surface area contributed by atoms with Gasteiger partial charge in [0.1, 0.15) is 0 Å². The molecule has 0 radical (unpaired) electrons. The number of nitrogens with two attached hydrogens (primary N) is 3. The first-order chi connectivity index (χ1) is 9.92. The smallest absolute Gasteiger partial charge is 0.355 e. The summed E-state index contributed by atoms with van der Waals surface area (Å²) in [6.07, 6.45) is 2.41. The van der Waals surface area contributed by atoms with Gasteiger partial charge in [-0.3, -0.25) is 0 Å². The summed E-state index contributed by atoms with van der Waals surface area (Å²) in [5, 5.41) is 0. The Morgan fingerprint density at radius 1 is 0.714 bits per heavy atom. The van der Waals surface area contributed by atoms with Crippen molar-refractivity contribution in [2.45, 2.75) is 58.2 Å². The summed E-state index contributed by atoms with van der Waals surface area (Å²) < 4.78 is 22.7. The van der Waals surface area contributed by atoms with Crippen molar-refractivity contribution in [3.05, 3.63) is 0 Å². The Bertz CT molecular complexity index is 226. The van der Waals surface area contributed by atoms with Crippen LogP contribution in [0.1, 0.15) is 40.0 Å². The minimum atomic E-state index is -3.25. The third-order valence-electron chi connectivity index (χ3n) is 3.25. The van der Waals surface area contributed by atoms with Crippen molar-refractivity contribution in [3.63, 3.8) is 0 Å². The Kier molecular flexibility index (Phi) is 11.5. The third-order valence-corrected chi connectivity index (χ3v) is 5.31. The Hall–Kier alpha value is -0.0631. The monoisotopic (exact) mass is 323 g/mol. The van der Waals surface area contributed by atoms with Gasteiger partial charge < -0.3 is 34.9 Å². The van der Waals surface area contributed by atoms with E-state index >= 15 is 0 Å². The second kappa shape index (κ2) is 11.5. The summed E-state index contributed by atoms with van der Waals surface area (Å²) in [7, 11) is -1.73. The van der Waals surface area contributed by atoms with Crippen LogP contribution in [0.5, 0.6) is 0 Å². The molecule has 6 N–H and O–H groups in total. The highest BCUT2D eigenvalue weighted by Gasteiger charge is 2.45. The van der Waals surface area contributed by atoms with Crippen LogP contribution in [0, 0.1) is 0 Å². The quantitative estimate of drug-likeness (QED) is 0.418. The van der Waals surface area contributed by atoms with Crippen LogP contribution in [0.25, 0.3) is 0 Å². The Balaban J connectivity index is 4.65. The molecule has 0 amide bonds. The molecular weight excluding hydrogens is 290 g/mol. The maximum atomic E-state index is 5.88. The summed E-state index contributed by atoms with van der Waals surface area (Å²) in [4.78, 5) is 0. The van der Waals surface area contributed by atoms with Crippen LogP contribution >= 0.6 is 0 Å². The largest absolute Gasteiger partial charge is 0.679 e. The van der Waals surface area contributed by atoms with Crippen LogP contribution in [0.3, 0.4) is 0 Å². The van der Waals surface area contributed by atoms with Crippen molar-refractivity contribution < 1.29 is 17.7 Å². The van der Waals surface area contributed by atoms with Gasteiger partial charge in [0.05, 0.1) is 19.8 Å². The molecule has 0 aromatic rings. The minimum Gasteiger partial charge on any atom is -0.355 e. The van der Waals surface area contributed by atoms with E-state index < -0.39 is 9.05 Å². The molecule has 0 rings (SSSR count). The van der Waals surface area contributed by atoms with Gasteiger partial charge in [0.2, 0.25) is 0 Å². The molecule has 0 saturated carbocycles. The van der Waals surface area contributed by atoms with Crippen LogP contribution in [-0.2, 0) is 17.7 Å². The van der Waals surface area contributed by atoms with Crippen molar-refractivity contribution in [1.82, 2.24) is 0 Å². The number of rotatable bonds is 13. The lowest BCUT2D eigenvalue weighted by molar-refractivity contribution is -0.0304. The predicted octanol–water partition coefficient (Wildman–Crippen LogP) is 0.330. The van der Waals surface area contributed by atoms with Gasteiger partial charge in [-0.05, 0) is 19.3 Å². The van der Waals surface area contributed by atoms with Gasteiger partial charge in [0, 0.05) is 25.2 Å². The average molecular weight is 324 g/mol. The fourth-order valence-electron chi connectivity index (χ4n) is 1.28. The molecule has 0 aliphatic rings. The van der Waals surface area contributed by atoms with E-state index in [0.717, 1.165) is 19.3 Å². The molecule has 0 heterocycles. The molecule has 8 heteroatoms. The maximum absolute atomic E-state index is 5.88. The molecule has 0 spiro atoms. The lowest BCUT2D eigenvalue weighted by Crippen LogP contribution is -2.53. The predicted molar refractivity (Wildman–Crippen MR) is 85.4 cm³/mol. The zero-order valence-corrected chi connectivity index (χ0v) is 14.8. The molecule has 3 atom stereocenters. The second-order valence-electron chi connectivity index (χ2n) is 5.14. The van der Waals surface area contributed by atoms with Crippen molar-refractivity contribution in [2.75, 3.05) is 26.9 Å². The van der Waals surface area contributed by atoms with E-state index in [4.69, 9.17) is 34.9 Å². The van der Waals surface area contributed by atoms with Crippen molar-refractivity contribution >= 4 is 9.05 Å². The Morgan fingerprint density at radius 2 is 1.00 bits per heavy atom. The fourth-order valence-corrected chi connectivity index (χ4v) is 3.14. The highest BCUT2D eigenvalue weighted by Crippen LogP contribution is 2.13. The van der Waals surface area contributed by atoms with E-state index in [1.54, 1.807) is 0 Å². The van der Waals surface area contributed by atoms with Crippen LogP contribution in [0.15, 0.2) is 0 Å². The molecule has 21 heavy (non-hydrogen) atoms. The van der Waals surface area contributed by atoms with Gasteiger partial charge >= 0.3 is 9.05 Å². The van der Waals surface area contributed by atoms with E-state index in [-0.39, 0.29) is 18.1 Å². The standard InChI is InChI=1S/C13H33N3O4Si/c1-5-11(14)8-18-21(17-4,19-9-12(15)6-2)20-10-13(16)7-3/h11-13H,5-10,14-16H2,1-4H3. The first-order valence-corrected chi connectivity index (χ1v) is 9.29. The Morgan fingerprint density at radius 3 is 1.19 bits per heavy atom. The first kappa shape index (κ1) is 20.9. The molecule has 7 nitrogen and oxygen atoms in total. The van der Waals surface area contributed by atoms with Crippen LogP contribution in [0.4, 0.5) is 0 Å². The molecule has 128 valence electrons. The Labute approximate surface area is 129 Å². The van der Waals surface area contributed by atoms with Crippen LogP contribution in [-0.4, -0.2) is 54.1 Å². The van der Waals surface area contributed by atoms with E-state index in [1.165, 1.54) is 7.11 Å². The second-order valence-corrected chi connectivity index (χ2v) is 7.42. The maximum Gasteiger partial charge on any atom is 0.679 e. The van der Waals surface area contributed by atoms with Gasteiger partial charge in [-0.15, -0.1) is 0 Å². The highest BCUT2D eigenvalue weighted by molar-refractivity contribution is 6.53. The van der Waals surface area contributed by atoms with E-state index in [9.17, 15) is 0 Å². The van der Waals surface area contributed by atoms with Crippen molar-refractivity contribution in [1.29, 1.82) is 0 Å². The first-order valence-electron chi connectivity index (χ1n) is 7.66. The lowest BCUT2D eigenvalue weighted by atomic mass is 10.3. The zero-order valence-electron chi connectivity index (χ0n) is 13.8. The van der Waals surface area contributed by atoms with Gasteiger partial charge in [-0.1, -0.05) is 20.8 Å². The third kappa shape index (κ3) is 8.84. The summed E-state index contributed by atoms with van der Waals surface area (Å²) >= 11 is 0. The molecule has 0 aromatic heterocycles. The van der Waals surface area contributed by atoms with E-state index in [1.807, 2.05) is 20.8 Å². The van der Waals surface area contributed by atoms with Crippen LogP contribution in [0.2, 0.25) is 0 Å². The molecule has 0 saturated heterocycles. The van der Waals surface area contributed by atoms with E-state index in [0.29, 0.717) is 19.8 Å².